The molecule has 0 unspecified atom stereocenters. The van der Waals surface area contributed by atoms with E-state index in [0.29, 0.717) is 35.0 Å². The van der Waals surface area contributed by atoms with Crippen LogP contribution < -0.4 is 19.5 Å². The van der Waals surface area contributed by atoms with E-state index in [9.17, 15) is 4.79 Å². The molecule has 2 aromatic rings. The molecule has 1 aromatic heterocycles. The number of hydrogen-bond donors (Lipinski definition) is 1. The molecule has 0 fully saturated rings. The summed E-state index contributed by atoms with van der Waals surface area (Å²) in [5.74, 6) is 1.27. The Morgan fingerprint density at radius 3 is 2.21 bits per heavy atom. The van der Waals surface area contributed by atoms with Crippen LogP contribution in [0.15, 0.2) is 30.6 Å². The Hall–Kier alpha value is -2.96. The Morgan fingerprint density at radius 1 is 1.00 bits per heavy atom. The van der Waals surface area contributed by atoms with Crippen LogP contribution in [0, 0.1) is 0 Å². The monoisotopic (exact) mass is 332 g/mol. The zero-order valence-electron chi connectivity index (χ0n) is 14.1. The van der Waals surface area contributed by atoms with Crippen LogP contribution in [-0.2, 0) is 11.3 Å². The van der Waals surface area contributed by atoms with E-state index < -0.39 is 5.97 Å². The minimum atomic E-state index is -0.432. The van der Waals surface area contributed by atoms with E-state index >= 15 is 0 Å². The molecule has 2 rings (SSSR count). The summed E-state index contributed by atoms with van der Waals surface area (Å²) in [4.78, 5) is 15.6. The van der Waals surface area contributed by atoms with E-state index in [-0.39, 0.29) is 0 Å². The molecule has 0 aliphatic carbocycles. The lowest BCUT2D eigenvalue weighted by molar-refractivity contribution is 0.0600. The highest BCUT2D eigenvalue weighted by Gasteiger charge is 2.13. The molecule has 1 heterocycles. The molecule has 0 saturated heterocycles. The van der Waals surface area contributed by atoms with Crippen molar-refractivity contribution in [3.8, 4) is 17.2 Å². The van der Waals surface area contributed by atoms with Gasteiger partial charge in [-0.3, -0.25) is 4.98 Å². The number of carbonyl (C=O) groups excluding carboxylic acids is 1. The molecular formula is C17H20N2O5. The second-order valence-corrected chi connectivity index (χ2v) is 4.84. The predicted octanol–water partition coefficient (Wildman–Crippen LogP) is 2.51. The summed E-state index contributed by atoms with van der Waals surface area (Å²) in [7, 11) is 6.02. The topological polar surface area (TPSA) is 78.9 Å². The van der Waals surface area contributed by atoms with E-state index in [2.05, 4.69) is 15.0 Å². The van der Waals surface area contributed by atoms with Crippen molar-refractivity contribution in [2.24, 2.45) is 0 Å². The molecule has 0 saturated carbocycles. The average molecular weight is 332 g/mol. The molecule has 1 N–H and O–H groups in total. The Morgan fingerprint density at radius 2 is 1.67 bits per heavy atom. The molecule has 0 aliphatic heterocycles. The van der Waals surface area contributed by atoms with Gasteiger partial charge in [0.25, 0.3) is 0 Å². The van der Waals surface area contributed by atoms with Gasteiger partial charge in [0.05, 0.1) is 39.7 Å². The first-order chi connectivity index (χ1) is 11.6. The summed E-state index contributed by atoms with van der Waals surface area (Å²) in [5, 5.41) is 3.20. The minimum absolute atomic E-state index is 0.382. The summed E-state index contributed by atoms with van der Waals surface area (Å²) in [6.45, 7) is 0.489. The molecule has 0 radical (unpaired) electrons. The number of pyridine rings is 1. The quantitative estimate of drug-likeness (QED) is 0.780. The first kappa shape index (κ1) is 17.4. The second kappa shape index (κ2) is 8.05. The Kier molecular flexibility index (Phi) is 5.83. The number of rotatable bonds is 7. The number of methoxy groups -OCH3 is 4. The van der Waals surface area contributed by atoms with E-state index in [1.807, 2.05) is 12.1 Å². The number of aromatic nitrogens is 1. The summed E-state index contributed by atoms with van der Waals surface area (Å²) < 4.78 is 20.6. The van der Waals surface area contributed by atoms with Crippen molar-refractivity contribution >= 4 is 11.7 Å². The van der Waals surface area contributed by atoms with E-state index in [4.69, 9.17) is 14.2 Å². The van der Waals surface area contributed by atoms with E-state index in [0.717, 1.165) is 5.56 Å². The zero-order chi connectivity index (χ0) is 17.5. The zero-order valence-corrected chi connectivity index (χ0v) is 14.1. The fourth-order valence-corrected chi connectivity index (χ4v) is 2.21. The van der Waals surface area contributed by atoms with Gasteiger partial charge in [0.1, 0.15) is 0 Å². The molecule has 128 valence electrons. The van der Waals surface area contributed by atoms with Crippen LogP contribution in [0.2, 0.25) is 0 Å². The Balaban J connectivity index is 2.19. The van der Waals surface area contributed by atoms with E-state index in [1.165, 1.54) is 13.3 Å². The van der Waals surface area contributed by atoms with Crippen molar-refractivity contribution in [3.63, 3.8) is 0 Å². The van der Waals surface area contributed by atoms with Gasteiger partial charge in [-0.15, -0.1) is 0 Å². The smallest absolute Gasteiger partial charge is 0.339 e. The normalized spacial score (nSPS) is 10.0. The number of hydrogen-bond acceptors (Lipinski definition) is 7. The molecular weight excluding hydrogens is 312 g/mol. The van der Waals surface area contributed by atoms with Gasteiger partial charge in [0.15, 0.2) is 11.5 Å². The highest BCUT2D eigenvalue weighted by atomic mass is 16.5. The van der Waals surface area contributed by atoms with Crippen LogP contribution in [-0.4, -0.2) is 39.4 Å². The molecule has 0 atom stereocenters. The van der Waals surface area contributed by atoms with Crippen molar-refractivity contribution < 1.29 is 23.7 Å². The number of benzene rings is 1. The fraction of sp³-hybridized carbons (Fsp3) is 0.294. The lowest BCUT2D eigenvalue weighted by Gasteiger charge is -2.15. The molecule has 7 heteroatoms. The van der Waals surface area contributed by atoms with Gasteiger partial charge in [0.2, 0.25) is 5.75 Å². The summed E-state index contributed by atoms with van der Waals surface area (Å²) in [6.07, 6.45) is 3.08. The molecule has 0 aliphatic rings. The molecule has 1 aromatic carbocycles. The number of nitrogens with one attached hydrogen (secondary N) is 1. The summed E-state index contributed by atoms with van der Waals surface area (Å²) >= 11 is 0. The number of anilines is 1. The van der Waals surface area contributed by atoms with Crippen molar-refractivity contribution in [2.75, 3.05) is 33.8 Å². The van der Waals surface area contributed by atoms with Crippen LogP contribution in [0.25, 0.3) is 0 Å². The van der Waals surface area contributed by atoms with Crippen LogP contribution in [0.5, 0.6) is 17.2 Å². The fourth-order valence-electron chi connectivity index (χ4n) is 2.21. The maximum atomic E-state index is 11.5. The van der Waals surface area contributed by atoms with Crippen molar-refractivity contribution in [1.29, 1.82) is 0 Å². The van der Waals surface area contributed by atoms with E-state index in [1.54, 1.807) is 33.6 Å². The highest BCUT2D eigenvalue weighted by Crippen LogP contribution is 2.38. The third-order valence-electron chi connectivity index (χ3n) is 3.38. The Bertz CT molecular complexity index is 693. The summed E-state index contributed by atoms with van der Waals surface area (Å²) in [6, 6.07) is 5.38. The Labute approximate surface area is 140 Å². The maximum absolute atomic E-state index is 11.5. The van der Waals surface area contributed by atoms with Gasteiger partial charge in [-0.2, -0.15) is 0 Å². The van der Waals surface area contributed by atoms with Crippen LogP contribution >= 0.6 is 0 Å². The lowest BCUT2D eigenvalue weighted by atomic mass is 10.1. The number of nitrogens with zero attached hydrogens (tertiary/aromatic N) is 1. The van der Waals surface area contributed by atoms with Crippen LogP contribution in [0.3, 0.4) is 0 Å². The van der Waals surface area contributed by atoms with Gasteiger partial charge in [-0.05, 0) is 23.8 Å². The second-order valence-electron chi connectivity index (χ2n) is 4.84. The largest absolute Gasteiger partial charge is 0.493 e. The number of ether oxygens (including phenoxy) is 4. The van der Waals surface area contributed by atoms with Gasteiger partial charge in [-0.1, -0.05) is 0 Å². The van der Waals surface area contributed by atoms with Gasteiger partial charge < -0.3 is 24.3 Å². The lowest BCUT2D eigenvalue weighted by Crippen LogP contribution is -2.05. The number of carbonyl (C=O) groups is 1. The highest BCUT2D eigenvalue weighted by molar-refractivity contribution is 5.89. The molecule has 0 spiro atoms. The van der Waals surface area contributed by atoms with Gasteiger partial charge in [-0.25, -0.2) is 4.79 Å². The third-order valence-corrected chi connectivity index (χ3v) is 3.38. The minimum Gasteiger partial charge on any atom is -0.493 e. The van der Waals surface area contributed by atoms with Crippen LogP contribution in [0.4, 0.5) is 5.69 Å². The van der Waals surface area contributed by atoms with Crippen LogP contribution in [0.1, 0.15) is 15.9 Å². The van der Waals surface area contributed by atoms with Gasteiger partial charge in [0, 0.05) is 18.9 Å². The molecule has 0 amide bonds. The SMILES string of the molecule is COC(=O)c1cncc(NCc2cc(OC)c(OC)c(OC)c2)c1. The molecule has 7 nitrogen and oxygen atoms in total. The average Bonchev–Trinajstić information content (AvgIpc) is 2.64. The number of esters is 1. The standard InChI is InChI=1S/C17H20N2O5/c1-21-14-5-11(6-15(22-2)16(14)23-3)8-19-13-7-12(9-18-10-13)17(20)24-4/h5-7,9-10,19H,8H2,1-4H3. The summed E-state index contributed by atoms with van der Waals surface area (Å²) in [5.41, 5.74) is 2.01. The van der Waals surface area contributed by atoms with Crippen molar-refractivity contribution in [3.05, 3.63) is 41.7 Å². The van der Waals surface area contributed by atoms with Crippen molar-refractivity contribution in [1.82, 2.24) is 4.98 Å². The first-order valence-corrected chi connectivity index (χ1v) is 7.19. The van der Waals surface area contributed by atoms with Gasteiger partial charge >= 0.3 is 5.97 Å². The van der Waals surface area contributed by atoms with Crippen molar-refractivity contribution in [2.45, 2.75) is 6.54 Å². The predicted molar refractivity (Wildman–Crippen MR) is 89.0 cm³/mol. The third kappa shape index (κ3) is 3.87. The maximum Gasteiger partial charge on any atom is 0.339 e. The first-order valence-electron chi connectivity index (χ1n) is 7.19. The molecule has 24 heavy (non-hydrogen) atoms. The molecule has 0 bridgehead atoms.